The molecule has 3 N–H and O–H groups in total. The minimum absolute atomic E-state index is 0.0740. The molecule has 0 aromatic heterocycles. The summed E-state index contributed by atoms with van der Waals surface area (Å²) in [5.74, 6) is -0.00741. The number of nitrogens with one attached hydrogen (secondary N) is 1. The Morgan fingerprint density at radius 1 is 1.40 bits per heavy atom. The van der Waals surface area contributed by atoms with Crippen LogP contribution in [-0.2, 0) is 10.0 Å². The van der Waals surface area contributed by atoms with Gasteiger partial charge in [0, 0.05) is 12.1 Å². The molecule has 0 aliphatic heterocycles. The normalized spacial score (nSPS) is 27.4. The molecule has 2 rings (SSSR count). The van der Waals surface area contributed by atoms with E-state index in [0.717, 1.165) is 37.8 Å². The van der Waals surface area contributed by atoms with Gasteiger partial charge in [-0.2, -0.15) is 0 Å². The van der Waals surface area contributed by atoms with Crippen molar-refractivity contribution in [3.05, 3.63) is 30.1 Å². The van der Waals surface area contributed by atoms with E-state index in [1.165, 1.54) is 12.1 Å². The Kier molecular flexibility index (Phi) is 4.46. The molecule has 1 aliphatic rings. The number of hydrogen-bond acceptors (Lipinski definition) is 3. The molecule has 0 saturated heterocycles. The number of benzene rings is 1. The van der Waals surface area contributed by atoms with Gasteiger partial charge in [-0.15, -0.1) is 0 Å². The van der Waals surface area contributed by atoms with Gasteiger partial charge in [0.15, 0.2) is 0 Å². The Morgan fingerprint density at radius 3 is 2.60 bits per heavy atom. The van der Waals surface area contributed by atoms with Crippen molar-refractivity contribution in [2.75, 3.05) is 6.54 Å². The molecule has 0 heterocycles. The highest BCUT2D eigenvalue weighted by Gasteiger charge is 2.37. The Balaban J connectivity index is 2.23. The van der Waals surface area contributed by atoms with E-state index in [9.17, 15) is 12.8 Å². The van der Waals surface area contributed by atoms with Gasteiger partial charge in [-0.3, -0.25) is 0 Å². The third-order valence-electron chi connectivity index (χ3n) is 3.96. The van der Waals surface area contributed by atoms with Crippen LogP contribution in [-0.4, -0.2) is 20.5 Å². The summed E-state index contributed by atoms with van der Waals surface area (Å²) in [6, 6.07) is 4.84. The lowest BCUT2D eigenvalue weighted by Gasteiger charge is -2.39. The highest BCUT2D eigenvalue weighted by Crippen LogP contribution is 2.32. The van der Waals surface area contributed by atoms with Gasteiger partial charge in [-0.05, 0) is 43.0 Å². The molecule has 112 valence electrons. The van der Waals surface area contributed by atoms with Crippen LogP contribution in [0.5, 0.6) is 0 Å². The van der Waals surface area contributed by atoms with Gasteiger partial charge in [-0.25, -0.2) is 17.5 Å². The van der Waals surface area contributed by atoms with Gasteiger partial charge < -0.3 is 5.73 Å². The van der Waals surface area contributed by atoms with E-state index in [1.807, 2.05) is 0 Å². The van der Waals surface area contributed by atoms with Crippen LogP contribution in [0.2, 0.25) is 0 Å². The Labute approximate surface area is 119 Å². The molecule has 1 saturated carbocycles. The molecule has 1 aliphatic carbocycles. The highest BCUT2D eigenvalue weighted by molar-refractivity contribution is 7.89. The van der Waals surface area contributed by atoms with Crippen LogP contribution in [0.15, 0.2) is 29.2 Å². The predicted molar refractivity (Wildman–Crippen MR) is 76.1 cm³/mol. The maximum Gasteiger partial charge on any atom is 0.241 e. The first-order valence-electron chi connectivity index (χ1n) is 6.86. The maximum atomic E-state index is 12.9. The fraction of sp³-hybridized carbons (Fsp3) is 0.571. The second-order valence-electron chi connectivity index (χ2n) is 5.75. The lowest BCUT2D eigenvalue weighted by atomic mass is 9.77. The zero-order chi connectivity index (χ0) is 14.8. The van der Waals surface area contributed by atoms with Crippen molar-refractivity contribution in [3.8, 4) is 0 Å². The zero-order valence-electron chi connectivity index (χ0n) is 11.6. The SMILES string of the molecule is CC1CCCC(CN)(NS(=O)(=O)c2ccc(F)cc2)C1. The molecule has 1 fully saturated rings. The second-order valence-corrected chi connectivity index (χ2v) is 7.43. The predicted octanol–water partition coefficient (Wildman–Crippen LogP) is 2.01. The topological polar surface area (TPSA) is 72.2 Å². The number of rotatable bonds is 4. The van der Waals surface area contributed by atoms with Crippen molar-refractivity contribution < 1.29 is 12.8 Å². The van der Waals surface area contributed by atoms with E-state index in [2.05, 4.69) is 11.6 Å². The van der Waals surface area contributed by atoms with Gasteiger partial charge in [0.25, 0.3) is 0 Å². The summed E-state index contributed by atoms with van der Waals surface area (Å²) in [5.41, 5.74) is 5.24. The van der Waals surface area contributed by atoms with Crippen molar-refractivity contribution in [1.29, 1.82) is 0 Å². The molecule has 4 nitrogen and oxygen atoms in total. The van der Waals surface area contributed by atoms with Gasteiger partial charge >= 0.3 is 0 Å². The molecular weight excluding hydrogens is 279 g/mol. The monoisotopic (exact) mass is 300 g/mol. The number of halogens is 1. The largest absolute Gasteiger partial charge is 0.329 e. The summed E-state index contributed by atoms with van der Waals surface area (Å²) in [6.07, 6.45) is 3.54. The lowest BCUT2D eigenvalue weighted by molar-refractivity contribution is 0.223. The van der Waals surface area contributed by atoms with Crippen LogP contribution in [0, 0.1) is 11.7 Å². The summed E-state index contributed by atoms with van der Waals surface area (Å²) < 4.78 is 40.4. The summed E-state index contributed by atoms with van der Waals surface area (Å²) in [7, 11) is -3.67. The molecule has 0 amide bonds. The molecule has 0 spiro atoms. The first-order valence-corrected chi connectivity index (χ1v) is 8.35. The van der Waals surface area contributed by atoms with E-state index < -0.39 is 21.4 Å². The summed E-state index contributed by atoms with van der Waals surface area (Å²) in [4.78, 5) is 0.0740. The average Bonchev–Trinajstić information content (AvgIpc) is 2.38. The van der Waals surface area contributed by atoms with Crippen molar-refractivity contribution in [2.45, 2.75) is 43.0 Å². The van der Waals surface area contributed by atoms with E-state index in [-0.39, 0.29) is 11.4 Å². The Morgan fingerprint density at radius 2 is 2.05 bits per heavy atom. The fourth-order valence-corrected chi connectivity index (χ4v) is 4.39. The zero-order valence-corrected chi connectivity index (χ0v) is 12.4. The van der Waals surface area contributed by atoms with Crippen molar-refractivity contribution in [3.63, 3.8) is 0 Å². The number of nitrogens with two attached hydrogens (primary N) is 1. The Hall–Kier alpha value is -0.980. The van der Waals surface area contributed by atoms with Crippen LogP contribution in [0.3, 0.4) is 0 Å². The summed E-state index contributed by atoms with van der Waals surface area (Å²) >= 11 is 0. The second kappa shape index (κ2) is 5.79. The highest BCUT2D eigenvalue weighted by atomic mass is 32.2. The van der Waals surface area contributed by atoms with Gasteiger partial charge in [0.05, 0.1) is 4.90 Å². The Bertz CT molecular complexity index is 559. The van der Waals surface area contributed by atoms with Crippen LogP contribution in [0.4, 0.5) is 4.39 Å². The smallest absolute Gasteiger partial charge is 0.241 e. The standard InChI is InChI=1S/C14H21FN2O2S/c1-11-3-2-8-14(9-11,10-16)17-20(18,19)13-6-4-12(15)5-7-13/h4-7,11,17H,2-3,8-10,16H2,1H3. The number of sulfonamides is 1. The molecular formula is C14H21FN2O2S. The molecule has 20 heavy (non-hydrogen) atoms. The molecule has 1 aromatic rings. The van der Waals surface area contributed by atoms with Crippen LogP contribution >= 0.6 is 0 Å². The van der Waals surface area contributed by atoms with Crippen LogP contribution < -0.4 is 10.5 Å². The lowest BCUT2D eigenvalue weighted by Crippen LogP contribution is -2.55. The van der Waals surface area contributed by atoms with Crippen molar-refractivity contribution >= 4 is 10.0 Å². The van der Waals surface area contributed by atoms with Crippen molar-refractivity contribution in [1.82, 2.24) is 4.72 Å². The fourth-order valence-electron chi connectivity index (χ4n) is 2.94. The third kappa shape index (κ3) is 3.37. The van der Waals surface area contributed by atoms with Crippen LogP contribution in [0.1, 0.15) is 32.6 Å². The van der Waals surface area contributed by atoms with Gasteiger partial charge in [0.1, 0.15) is 5.82 Å². The number of hydrogen-bond donors (Lipinski definition) is 2. The first kappa shape index (κ1) is 15.4. The molecule has 0 bridgehead atoms. The molecule has 0 radical (unpaired) electrons. The van der Waals surface area contributed by atoms with Gasteiger partial charge in [0.2, 0.25) is 10.0 Å². The molecule has 2 atom stereocenters. The van der Waals surface area contributed by atoms with Crippen molar-refractivity contribution in [2.24, 2.45) is 11.7 Å². The quantitative estimate of drug-likeness (QED) is 0.893. The van der Waals surface area contributed by atoms with Crippen LogP contribution in [0.25, 0.3) is 0 Å². The minimum Gasteiger partial charge on any atom is -0.329 e. The third-order valence-corrected chi connectivity index (χ3v) is 5.55. The minimum atomic E-state index is -3.67. The maximum absolute atomic E-state index is 12.9. The summed E-state index contributed by atoms with van der Waals surface area (Å²) in [6.45, 7) is 2.38. The molecule has 6 heteroatoms. The average molecular weight is 300 g/mol. The van der Waals surface area contributed by atoms with Gasteiger partial charge in [-0.1, -0.05) is 19.8 Å². The van der Waals surface area contributed by atoms with E-state index in [1.54, 1.807) is 0 Å². The summed E-state index contributed by atoms with van der Waals surface area (Å²) in [5, 5.41) is 0. The van der Waals surface area contributed by atoms with E-state index in [0.29, 0.717) is 5.92 Å². The van der Waals surface area contributed by atoms with E-state index >= 15 is 0 Å². The molecule has 1 aromatic carbocycles. The first-order chi connectivity index (χ1) is 9.37. The van der Waals surface area contributed by atoms with E-state index in [4.69, 9.17) is 5.73 Å². The molecule has 2 unspecified atom stereocenters.